The van der Waals surface area contributed by atoms with Crippen molar-refractivity contribution in [2.75, 3.05) is 0 Å². The summed E-state index contributed by atoms with van der Waals surface area (Å²) in [6.45, 7) is 2.08. The molecule has 0 aliphatic heterocycles. The molecule has 0 spiro atoms. The summed E-state index contributed by atoms with van der Waals surface area (Å²) < 4.78 is 0. The molecular formula is C16H21NO3. The van der Waals surface area contributed by atoms with Gasteiger partial charge in [0, 0.05) is 6.42 Å². The van der Waals surface area contributed by atoms with E-state index in [9.17, 15) is 9.59 Å². The Balaban J connectivity index is 1.78. The van der Waals surface area contributed by atoms with E-state index in [4.69, 9.17) is 5.11 Å². The van der Waals surface area contributed by atoms with Crippen LogP contribution in [0.3, 0.4) is 0 Å². The number of rotatable bonds is 7. The highest BCUT2D eigenvalue weighted by molar-refractivity contribution is 5.84. The number of hydrogen-bond acceptors (Lipinski definition) is 2. The monoisotopic (exact) mass is 275 g/mol. The molecule has 1 saturated carbocycles. The number of carbonyl (C=O) groups excluding carboxylic acids is 1. The first-order valence-electron chi connectivity index (χ1n) is 7.15. The van der Waals surface area contributed by atoms with Crippen molar-refractivity contribution in [1.29, 1.82) is 0 Å². The minimum absolute atomic E-state index is 0.128. The predicted molar refractivity (Wildman–Crippen MR) is 76.4 cm³/mol. The number of carboxylic acids is 1. The largest absolute Gasteiger partial charge is 0.480 e. The maximum absolute atomic E-state index is 11.9. The third-order valence-electron chi connectivity index (χ3n) is 3.85. The van der Waals surface area contributed by atoms with E-state index in [1.54, 1.807) is 0 Å². The first-order valence-corrected chi connectivity index (χ1v) is 7.15. The number of nitrogens with one attached hydrogen (secondary N) is 1. The second kappa shape index (κ2) is 6.55. The van der Waals surface area contributed by atoms with Gasteiger partial charge in [0.25, 0.3) is 0 Å². The number of hydrogen-bond donors (Lipinski definition) is 2. The number of carbonyl (C=O) groups is 2. The molecule has 4 nitrogen and oxygen atoms in total. The number of benzene rings is 1. The second-order valence-electron chi connectivity index (χ2n) is 5.57. The fraction of sp³-hybridized carbons (Fsp3) is 0.500. The van der Waals surface area contributed by atoms with E-state index in [2.05, 4.69) is 12.2 Å². The number of amides is 1. The Bertz CT molecular complexity index is 468. The molecule has 1 aromatic carbocycles. The molecule has 108 valence electrons. The lowest BCUT2D eigenvalue weighted by atomic mass is 9.96. The average molecular weight is 275 g/mol. The Labute approximate surface area is 119 Å². The van der Waals surface area contributed by atoms with E-state index < -0.39 is 12.0 Å². The third-order valence-corrected chi connectivity index (χ3v) is 3.85. The van der Waals surface area contributed by atoms with Crippen molar-refractivity contribution in [2.24, 2.45) is 5.92 Å². The lowest BCUT2D eigenvalue weighted by Crippen LogP contribution is -2.42. The van der Waals surface area contributed by atoms with Gasteiger partial charge in [-0.25, -0.2) is 4.79 Å². The van der Waals surface area contributed by atoms with Gasteiger partial charge in [-0.2, -0.15) is 0 Å². The van der Waals surface area contributed by atoms with Crippen LogP contribution in [0.25, 0.3) is 0 Å². The normalized spacial score (nSPS) is 17.2. The van der Waals surface area contributed by atoms with Crippen LogP contribution in [0, 0.1) is 5.92 Å². The van der Waals surface area contributed by atoms with E-state index in [1.807, 2.05) is 30.3 Å². The lowest BCUT2D eigenvalue weighted by Gasteiger charge is -2.15. The van der Waals surface area contributed by atoms with Gasteiger partial charge < -0.3 is 10.4 Å². The summed E-state index contributed by atoms with van der Waals surface area (Å²) >= 11 is 0. The molecule has 1 aliphatic carbocycles. The molecule has 2 N–H and O–H groups in total. The lowest BCUT2D eigenvalue weighted by molar-refractivity contribution is -0.142. The van der Waals surface area contributed by atoms with Crippen molar-refractivity contribution in [1.82, 2.24) is 5.32 Å². The van der Waals surface area contributed by atoms with Crippen LogP contribution in [0.1, 0.15) is 44.1 Å². The molecule has 0 heterocycles. The molecule has 2 unspecified atom stereocenters. The van der Waals surface area contributed by atoms with E-state index in [0.29, 0.717) is 12.3 Å². The van der Waals surface area contributed by atoms with Gasteiger partial charge in [-0.05, 0) is 36.7 Å². The fourth-order valence-corrected chi connectivity index (χ4v) is 2.35. The van der Waals surface area contributed by atoms with Crippen LogP contribution in [0.5, 0.6) is 0 Å². The van der Waals surface area contributed by atoms with Crippen LogP contribution in [0.4, 0.5) is 0 Å². The van der Waals surface area contributed by atoms with Gasteiger partial charge in [-0.3, -0.25) is 4.79 Å². The van der Waals surface area contributed by atoms with Crippen LogP contribution >= 0.6 is 0 Å². The van der Waals surface area contributed by atoms with Crippen LogP contribution in [0.2, 0.25) is 0 Å². The van der Waals surface area contributed by atoms with Gasteiger partial charge in [-0.1, -0.05) is 37.3 Å². The standard InChI is InChI=1S/C16H21NO3/c1-11(12-5-3-2-4-6-12)7-10-14(18)17-15(16(19)20)13-8-9-13/h2-6,11,13,15H,7-10H2,1H3,(H,17,18)(H,19,20). The Morgan fingerprint density at radius 1 is 1.30 bits per heavy atom. The summed E-state index contributed by atoms with van der Waals surface area (Å²) in [6.07, 6.45) is 2.90. The highest BCUT2D eigenvalue weighted by Gasteiger charge is 2.37. The predicted octanol–water partition coefficient (Wildman–Crippen LogP) is 2.55. The molecule has 0 radical (unpaired) electrons. The van der Waals surface area contributed by atoms with Crippen molar-refractivity contribution in [3.8, 4) is 0 Å². The van der Waals surface area contributed by atoms with Crippen molar-refractivity contribution < 1.29 is 14.7 Å². The quantitative estimate of drug-likeness (QED) is 0.803. The summed E-state index contributed by atoms with van der Waals surface area (Å²) in [4.78, 5) is 22.9. The first kappa shape index (κ1) is 14.6. The maximum Gasteiger partial charge on any atom is 0.326 e. The fourth-order valence-electron chi connectivity index (χ4n) is 2.35. The summed E-state index contributed by atoms with van der Waals surface area (Å²) in [5.41, 5.74) is 1.21. The Hall–Kier alpha value is -1.84. The highest BCUT2D eigenvalue weighted by atomic mass is 16.4. The minimum Gasteiger partial charge on any atom is -0.480 e. The summed E-state index contributed by atoms with van der Waals surface area (Å²) in [7, 11) is 0. The summed E-state index contributed by atoms with van der Waals surface area (Å²) in [5, 5.41) is 11.7. The molecule has 4 heteroatoms. The molecule has 1 fully saturated rings. The molecular weight excluding hydrogens is 254 g/mol. The van der Waals surface area contributed by atoms with Gasteiger partial charge in [0.05, 0.1) is 0 Å². The topological polar surface area (TPSA) is 66.4 Å². The molecule has 2 atom stereocenters. The number of carboxylic acid groups (broad SMARTS) is 1. The third kappa shape index (κ3) is 4.08. The molecule has 0 aromatic heterocycles. The van der Waals surface area contributed by atoms with Crippen LogP contribution in [-0.4, -0.2) is 23.0 Å². The molecule has 1 aromatic rings. The van der Waals surface area contributed by atoms with Gasteiger partial charge in [0.15, 0.2) is 0 Å². The van der Waals surface area contributed by atoms with Gasteiger partial charge >= 0.3 is 5.97 Å². The number of aliphatic carboxylic acids is 1. The van der Waals surface area contributed by atoms with Crippen LogP contribution in [0.15, 0.2) is 30.3 Å². The SMILES string of the molecule is CC(CCC(=O)NC(C(=O)O)C1CC1)c1ccccc1. The molecule has 20 heavy (non-hydrogen) atoms. The second-order valence-corrected chi connectivity index (χ2v) is 5.57. The average Bonchev–Trinajstić information content (AvgIpc) is 3.27. The first-order chi connectivity index (χ1) is 9.58. The van der Waals surface area contributed by atoms with Crippen molar-refractivity contribution in [2.45, 2.75) is 44.6 Å². The molecule has 1 aliphatic rings. The zero-order chi connectivity index (χ0) is 14.5. The summed E-state index contributed by atoms with van der Waals surface area (Å²) in [6, 6.07) is 9.34. The van der Waals surface area contributed by atoms with Crippen LogP contribution in [-0.2, 0) is 9.59 Å². The Morgan fingerprint density at radius 3 is 2.50 bits per heavy atom. The molecule has 0 saturated heterocycles. The van der Waals surface area contributed by atoms with Gasteiger partial charge in [0.2, 0.25) is 5.91 Å². The van der Waals surface area contributed by atoms with E-state index in [-0.39, 0.29) is 11.8 Å². The van der Waals surface area contributed by atoms with Gasteiger partial charge in [-0.15, -0.1) is 0 Å². The highest BCUT2D eigenvalue weighted by Crippen LogP contribution is 2.32. The van der Waals surface area contributed by atoms with Crippen LogP contribution < -0.4 is 5.32 Å². The van der Waals surface area contributed by atoms with E-state index in [0.717, 1.165) is 19.3 Å². The molecule has 0 bridgehead atoms. The Morgan fingerprint density at radius 2 is 1.95 bits per heavy atom. The minimum atomic E-state index is -0.919. The molecule has 2 rings (SSSR count). The van der Waals surface area contributed by atoms with E-state index >= 15 is 0 Å². The zero-order valence-corrected chi connectivity index (χ0v) is 11.7. The zero-order valence-electron chi connectivity index (χ0n) is 11.7. The van der Waals surface area contributed by atoms with Crippen molar-refractivity contribution >= 4 is 11.9 Å². The Kier molecular flexibility index (Phi) is 4.77. The van der Waals surface area contributed by atoms with Crippen molar-refractivity contribution in [3.05, 3.63) is 35.9 Å². The van der Waals surface area contributed by atoms with E-state index in [1.165, 1.54) is 5.56 Å². The summed E-state index contributed by atoms with van der Waals surface area (Å²) in [5.74, 6) is -0.654. The smallest absolute Gasteiger partial charge is 0.326 e. The van der Waals surface area contributed by atoms with Crippen molar-refractivity contribution in [3.63, 3.8) is 0 Å². The van der Waals surface area contributed by atoms with Gasteiger partial charge in [0.1, 0.15) is 6.04 Å². The molecule has 1 amide bonds. The maximum atomic E-state index is 11.9.